The summed E-state index contributed by atoms with van der Waals surface area (Å²) in [6, 6.07) is 0.456. The van der Waals surface area contributed by atoms with E-state index in [-0.39, 0.29) is 18.6 Å². The van der Waals surface area contributed by atoms with Gasteiger partial charge in [-0.15, -0.1) is 0 Å². The molecule has 0 heterocycles. The number of carbonyl (C=O) groups excluding carboxylic acids is 1. The fourth-order valence-corrected chi connectivity index (χ4v) is 2.17. The number of alkyl halides is 1. The number of halogens is 1. The molecule has 0 amide bonds. The molecule has 0 aromatic rings. The molecule has 1 saturated carbocycles. The molecule has 1 rings (SSSR count). The third kappa shape index (κ3) is 4.47. The van der Waals surface area contributed by atoms with Crippen LogP contribution in [0.5, 0.6) is 0 Å². The van der Waals surface area contributed by atoms with E-state index >= 15 is 0 Å². The van der Waals surface area contributed by atoms with E-state index in [0.717, 1.165) is 32.2 Å². The van der Waals surface area contributed by atoms with Gasteiger partial charge in [0.05, 0.1) is 19.2 Å². The Balaban J connectivity index is 2.15. The second-order valence-corrected chi connectivity index (χ2v) is 4.30. The van der Waals surface area contributed by atoms with Crippen LogP contribution in [-0.2, 0) is 9.53 Å². The highest BCUT2D eigenvalue weighted by molar-refractivity contribution is 5.72. The number of nitrogens with one attached hydrogen (secondary N) is 1. The van der Waals surface area contributed by atoms with Crippen molar-refractivity contribution >= 4 is 5.97 Å². The predicted octanol–water partition coefficient (Wildman–Crippen LogP) is 2.06. The van der Waals surface area contributed by atoms with Crippen LogP contribution in [-0.4, -0.2) is 31.8 Å². The summed E-state index contributed by atoms with van der Waals surface area (Å²) in [6.45, 7) is 2.78. The van der Waals surface area contributed by atoms with Gasteiger partial charge in [-0.05, 0) is 45.6 Å². The summed E-state index contributed by atoms with van der Waals surface area (Å²) >= 11 is 0. The lowest BCUT2D eigenvalue weighted by Gasteiger charge is -2.27. The number of esters is 1. The summed E-state index contributed by atoms with van der Waals surface area (Å²) < 4.78 is 16.9. The lowest BCUT2D eigenvalue weighted by atomic mass is 9.86. The van der Waals surface area contributed by atoms with Gasteiger partial charge in [-0.3, -0.25) is 9.18 Å². The fourth-order valence-electron chi connectivity index (χ4n) is 2.17. The Morgan fingerprint density at radius 1 is 1.38 bits per heavy atom. The molecule has 0 aromatic carbocycles. The molecule has 0 aromatic heterocycles. The van der Waals surface area contributed by atoms with Gasteiger partial charge >= 0.3 is 5.97 Å². The molecular formula is C12H22FNO2. The van der Waals surface area contributed by atoms with E-state index in [4.69, 9.17) is 4.74 Å². The van der Waals surface area contributed by atoms with Gasteiger partial charge in [-0.2, -0.15) is 0 Å². The monoisotopic (exact) mass is 231 g/mol. The second-order valence-electron chi connectivity index (χ2n) is 4.30. The van der Waals surface area contributed by atoms with Crippen molar-refractivity contribution in [2.45, 2.75) is 45.1 Å². The Morgan fingerprint density at radius 3 is 2.62 bits per heavy atom. The molecule has 16 heavy (non-hydrogen) atoms. The third-order valence-electron chi connectivity index (χ3n) is 3.09. The Bertz CT molecular complexity index is 203. The second kappa shape index (κ2) is 7.60. The molecule has 0 spiro atoms. The first-order chi connectivity index (χ1) is 7.77. The minimum absolute atomic E-state index is 0.0512. The molecule has 0 aliphatic heterocycles. The van der Waals surface area contributed by atoms with Crippen LogP contribution in [0.15, 0.2) is 0 Å². The van der Waals surface area contributed by atoms with Crippen molar-refractivity contribution < 1.29 is 13.9 Å². The molecule has 1 fully saturated rings. The SMILES string of the molecule is CCOC(=O)C1CCC(NCCCF)CC1. The average molecular weight is 231 g/mol. The van der Waals surface area contributed by atoms with E-state index in [1.165, 1.54) is 0 Å². The fraction of sp³-hybridized carbons (Fsp3) is 0.917. The lowest BCUT2D eigenvalue weighted by molar-refractivity contribution is -0.149. The Labute approximate surface area is 96.7 Å². The minimum Gasteiger partial charge on any atom is -0.466 e. The van der Waals surface area contributed by atoms with Crippen molar-refractivity contribution in [1.29, 1.82) is 0 Å². The van der Waals surface area contributed by atoms with Gasteiger partial charge in [-0.25, -0.2) is 0 Å². The smallest absolute Gasteiger partial charge is 0.308 e. The maximum atomic E-state index is 11.9. The number of rotatable bonds is 6. The van der Waals surface area contributed by atoms with E-state index in [1.807, 2.05) is 6.92 Å². The van der Waals surface area contributed by atoms with Crippen molar-refractivity contribution in [2.24, 2.45) is 5.92 Å². The van der Waals surface area contributed by atoms with Gasteiger partial charge in [0, 0.05) is 6.04 Å². The quantitative estimate of drug-likeness (QED) is 0.561. The maximum Gasteiger partial charge on any atom is 0.308 e. The standard InChI is InChI=1S/C12H22FNO2/c1-2-16-12(15)10-4-6-11(7-5-10)14-9-3-8-13/h10-11,14H,2-9H2,1H3. The molecule has 1 N–H and O–H groups in total. The zero-order chi connectivity index (χ0) is 11.8. The largest absolute Gasteiger partial charge is 0.466 e. The number of carbonyl (C=O) groups is 1. The first-order valence-corrected chi connectivity index (χ1v) is 6.24. The Hall–Kier alpha value is -0.640. The van der Waals surface area contributed by atoms with Crippen molar-refractivity contribution in [2.75, 3.05) is 19.8 Å². The zero-order valence-electron chi connectivity index (χ0n) is 10.0. The van der Waals surface area contributed by atoms with Gasteiger partial charge < -0.3 is 10.1 Å². The normalized spacial score (nSPS) is 25.4. The van der Waals surface area contributed by atoms with Crippen LogP contribution >= 0.6 is 0 Å². The number of hydrogen-bond donors (Lipinski definition) is 1. The van der Waals surface area contributed by atoms with E-state index in [0.29, 0.717) is 19.1 Å². The molecule has 1 aliphatic carbocycles. The molecule has 0 radical (unpaired) electrons. The molecule has 0 atom stereocenters. The van der Waals surface area contributed by atoms with Crippen molar-refractivity contribution in [1.82, 2.24) is 5.32 Å². The molecule has 94 valence electrons. The summed E-state index contributed by atoms with van der Waals surface area (Å²) in [6.07, 6.45) is 4.36. The molecule has 1 aliphatic rings. The lowest BCUT2D eigenvalue weighted by Crippen LogP contribution is -2.36. The van der Waals surface area contributed by atoms with Gasteiger partial charge in [0.25, 0.3) is 0 Å². The van der Waals surface area contributed by atoms with Crippen molar-refractivity contribution in [3.8, 4) is 0 Å². The first-order valence-electron chi connectivity index (χ1n) is 6.24. The Kier molecular flexibility index (Phi) is 6.38. The van der Waals surface area contributed by atoms with Crippen LogP contribution in [0.3, 0.4) is 0 Å². The summed E-state index contributed by atoms with van der Waals surface area (Å²) in [4.78, 5) is 11.5. The molecule has 3 nitrogen and oxygen atoms in total. The van der Waals surface area contributed by atoms with Crippen LogP contribution in [0.1, 0.15) is 39.0 Å². The maximum absolute atomic E-state index is 11.9. The summed E-state index contributed by atoms with van der Waals surface area (Å²) in [5, 5.41) is 3.32. The molecular weight excluding hydrogens is 209 g/mol. The topological polar surface area (TPSA) is 38.3 Å². The van der Waals surface area contributed by atoms with E-state index in [2.05, 4.69) is 5.32 Å². The Morgan fingerprint density at radius 2 is 2.06 bits per heavy atom. The van der Waals surface area contributed by atoms with Crippen LogP contribution in [0.4, 0.5) is 4.39 Å². The number of ether oxygens (including phenoxy) is 1. The van der Waals surface area contributed by atoms with Gasteiger partial charge in [0.2, 0.25) is 0 Å². The van der Waals surface area contributed by atoms with Gasteiger partial charge in [0.15, 0.2) is 0 Å². The van der Waals surface area contributed by atoms with E-state index in [9.17, 15) is 9.18 Å². The molecule has 0 unspecified atom stereocenters. The highest BCUT2D eigenvalue weighted by atomic mass is 19.1. The zero-order valence-corrected chi connectivity index (χ0v) is 10.0. The van der Waals surface area contributed by atoms with Gasteiger partial charge in [0.1, 0.15) is 0 Å². The van der Waals surface area contributed by atoms with Crippen LogP contribution in [0, 0.1) is 5.92 Å². The highest BCUT2D eigenvalue weighted by Crippen LogP contribution is 2.25. The first kappa shape index (κ1) is 13.4. The van der Waals surface area contributed by atoms with Crippen LogP contribution in [0.2, 0.25) is 0 Å². The van der Waals surface area contributed by atoms with Crippen LogP contribution < -0.4 is 5.32 Å². The van der Waals surface area contributed by atoms with Crippen molar-refractivity contribution in [3.05, 3.63) is 0 Å². The summed E-state index contributed by atoms with van der Waals surface area (Å²) in [5.41, 5.74) is 0. The predicted molar refractivity (Wildman–Crippen MR) is 61.0 cm³/mol. The summed E-state index contributed by atoms with van der Waals surface area (Å²) in [7, 11) is 0. The molecule has 4 heteroatoms. The minimum atomic E-state index is -0.259. The number of hydrogen-bond acceptors (Lipinski definition) is 3. The van der Waals surface area contributed by atoms with E-state index < -0.39 is 0 Å². The third-order valence-corrected chi connectivity index (χ3v) is 3.09. The van der Waals surface area contributed by atoms with E-state index in [1.54, 1.807) is 0 Å². The molecule has 0 bridgehead atoms. The van der Waals surface area contributed by atoms with Crippen molar-refractivity contribution in [3.63, 3.8) is 0 Å². The highest BCUT2D eigenvalue weighted by Gasteiger charge is 2.26. The van der Waals surface area contributed by atoms with Gasteiger partial charge in [-0.1, -0.05) is 0 Å². The average Bonchev–Trinajstić information content (AvgIpc) is 2.30. The molecule has 0 saturated heterocycles. The summed E-state index contributed by atoms with van der Waals surface area (Å²) in [5.74, 6) is 0.0314. The van der Waals surface area contributed by atoms with Crippen LogP contribution in [0.25, 0.3) is 0 Å².